The van der Waals surface area contributed by atoms with Crippen LogP contribution >= 0.6 is 0 Å². The summed E-state index contributed by atoms with van der Waals surface area (Å²) in [6.07, 6.45) is 1.21. The summed E-state index contributed by atoms with van der Waals surface area (Å²) in [6, 6.07) is 8.25. The summed E-state index contributed by atoms with van der Waals surface area (Å²) in [5.41, 5.74) is 2.22. The topological polar surface area (TPSA) is 35.6 Å². The van der Waals surface area contributed by atoms with Gasteiger partial charge in [-0.1, -0.05) is 31.5 Å². The van der Waals surface area contributed by atoms with E-state index in [2.05, 4.69) is 74.2 Å². The second kappa shape index (κ2) is 6.26. The Labute approximate surface area is 158 Å². The monoisotopic (exact) mass is 357 g/mol. The number of aryl methyl sites for hydroxylation is 1. The number of nitrogens with one attached hydrogen (secondary N) is 1. The Bertz CT molecular complexity index is 673. The summed E-state index contributed by atoms with van der Waals surface area (Å²) >= 11 is 0. The van der Waals surface area contributed by atoms with E-state index in [-0.39, 0.29) is 11.3 Å². The Kier molecular flexibility index (Phi) is 4.63. The van der Waals surface area contributed by atoms with E-state index < -0.39 is 5.54 Å². The second-order valence-corrected chi connectivity index (χ2v) is 10.1. The molecular weight excluding hydrogens is 322 g/mol. The van der Waals surface area contributed by atoms with Crippen molar-refractivity contribution in [2.24, 2.45) is 16.7 Å². The minimum absolute atomic E-state index is 0.210. The lowest BCUT2D eigenvalue weighted by Gasteiger charge is -2.57. The Morgan fingerprint density at radius 3 is 2.42 bits per heavy atom. The molecule has 1 N–H and O–H groups in total. The number of likely N-dealkylation sites (tertiary alicyclic amines) is 1. The molecule has 144 valence electrons. The number of hydrogen-bond acceptors (Lipinski definition) is 3. The van der Waals surface area contributed by atoms with Crippen molar-refractivity contribution in [2.75, 3.05) is 39.0 Å². The molecule has 0 spiro atoms. The molecule has 2 fully saturated rings. The average molecular weight is 358 g/mol. The van der Waals surface area contributed by atoms with Gasteiger partial charge in [-0.15, -0.1) is 0 Å². The molecule has 2 atom stereocenters. The largest absolute Gasteiger partial charge is 0.372 e. The van der Waals surface area contributed by atoms with Gasteiger partial charge in [0.05, 0.1) is 0 Å². The van der Waals surface area contributed by atoms with Crippen LogP contribution in [0, 0.1) is 23.7 Å². The van der Waals surface area contributed by atoms with Gasteiger partial charge in [-0.3, -0.25) is 4.79 Å². The van der Waals surface area contributed by atoms with Crippen LogP contribution < -0.4 is 5.32 Å². The average Bonchev–Trinajstić information content (AvgIpc) is 2.82. The summed E-state index contributed by atoms with van der Waals surface area (Å²) in [4.78, 5) is 17.7. The predicted molar refractivity (Wildman–Crippen MR) is 108 cm³/mol. The molecule has 1 aromatic carbocycles. The molecule has 1 aromatic rings. The summed E-state index contributed by atoms with van der Waals surface area (Å²) < 4.78 is 0. The minimum Gasteiger partial charge on any atom is -0.372 e. The molecule has 4 nitrogen and oxygen atoms in total. The van der Waals surface area contributed by atoms with E-state index in [1.165, 1.54) is 12.0 Å². The van der Waals surface area contributed by atoms with Gasteiger partial charge >= 0.3 is 0 Å². The fourth-order valence-electron chi connectivity index (χ4n) is 5.57. The molecule has 1 saturated heterocycles. The van der Waals surface area contributed by atoms with E-state index in [0.717, 1.165) is 25.3 Å². The van der Waals surface area contributed by atoms with Gasteiger partial charge in [0.25, 0.3) is 0 Å². The number of benzene rings is 1. The van der Waals surface area contributed by atoms with E-state index in [0.29, 0.717) is 11.3 Å². The third-order valence-corrected chi connectivity index (χ3v) is 6.36. The molecule has 1 heterocycles. The Hall–Kier alpha value is -1.55. The zero-order valence-electron chi connectivity index (χ0n) is 17.5. The highest BCUT2D eigenvalue weighted by Gasteiger charge is 2.63. The molecule has 1 aliphatic heterocycles. The summed E-state index contributed by atoms with van der Waals surface area (Å²) in [5.74, 6) is 0.804. The van der Waals surface area contributed by atoms with E-state index >= 15 is 0 Å². The molecule has 0 unspecified atom stereocenters. The number of hydrogen-bond donors (Lipinski definition) is 1. The smallest absolute Gasteiger partial charge is 0.247 e. The van der Waals surface area contributed by atoms with E-state index in [1.807, 2.05) is 13.8 Å². The van der Waals surface area contributed by atoms with Crippen molar-refractivity contribution < 1.29 is 4.79 Å². The van der Waals surface area contributed by atoms with Crippen LogP contribution in [0.4, 0.5) is 5.69 Å². The normalized spacial score (nSPS) is 27.2. The number of carbonyl (C=O) groups is 1. The standard InChI is InChI=1S/C22H35N3O/c1-16-8-10-17(11-9-16)23-21(4,5)19(26)25-12-18-20(2,3)13-22(18,15-25)14-24(6)7/h8-11,18,23H,12-15H2,1-7H3/t18-,22+/m1/s1. The number of carbonyl (C=O) groups excluding carboxylic acids is 1. The Morgan fingerprint density at radius 1 is 1.27 bits per heavy atom. The highest BCUT2D eigenvalue weighted by Crippen LogP contribution is 2.63. The van der Waals surface area contributed by atoms with Crippen LogP contribution in [-0.2, 0) is 4.79 Å². The van der Waals surface area contributed by atoms with Crippen molar-refractivity contribution in [3.05, 3.63) is 29.8 Å². The highest BCUT2D eigenvalue weighted by molar-refractivity contribution is 5.89. The molecule has 1 aliphatic carbocycles. The maximum atomic E-state index is 13.3. The maximum Gasteiger partial charge on any atom is 0.247 e. The molecular formula is C22H35N3O. The van der Waals surface area contributed by atoms with Gasteiger partial charge in [0.2, 0.25) is 5.91 Å². The van der Waals surface area contributed by atoms with Crippen molar-refractivity contribution in [1.29, 1.82) is 0 Å². The Morgan fingerprint density at radius 2 is 1.88 bits per heavy atom. The van der Waals surface area contributed by atoms with E-state index in [4.69, 9.17) is 0 Å². The van der Waals surface area contributed by atoms with Crippen LogP contribution in [0.15, 0.2) is 24.3 Å². The van der Waals surface area contributed by atoms with Crippen LogP contribution in [0.2, 0.25) is 0 Å². The van der Waals surface area contributed by atoms with Gasteiger partial charge in [0, 0.05) is 30.7 Å². The molecule has 26 heavy (non-hydrogen) atoms. The first kappa shape index (κ1) is 19.2. The number of nitrogens with zero attached hydrogens (tertiary/aromatic N) is 2. The zero-order valence-corrected chi connectivity index (χ0v) is 17.5. The summed E-state index contributed by atoms with van der Waals surface area (Å²) in [7, 11) is 4.29. The van der Waals surface area contributed by atoms with Crippen LogP contribution in [0.5, 0.6) is 0 Å². The highest BCUT2D eigenvalue weighted by atomic mass is 16.2. The van der Waals surface area contributed by atoms with Crippen LogP contribution in [0.3, 0.4) is 0 Å². The summed E-state index contributed by atoms with van der Waals surface area (Å²) in [6.45, 7) is 13.6. The van der Waals surface area contributed by atoms with Crippen molar-refractivity contribution in [2.45, 2.75) is 46.6 Å². The fraction of sp³-hybridized carbons (Fsp3) is 0.682. The van der Waals surface area contributed by atoms with Crippen LogP contribution in [0.1, 0.15) is 39.7 Å². The maximum absolute atomic E-state index is 13.3. The van der Waals surface area contributed by atoms with E-state index in [9.17, 15) is 4.79 Å². The van der Waals surface area contributed by atoms with Crippen molar-refractivity contribution in [1.82, 2.24) is 9.80 Å². The van der Waals surface area contributed by atoms with Crippen molar-refractivity contribution in [3.63, 3.8) is 0 Å². The van der Waals surface area contributed by atoms with Crippen molar-refractivity contribution in [3.8, 4) is 0 Å². The first-order valence-corrected chi connectivity index (χ1v) is 9.74. The zero-order chi connectivity index (χ0) is 19.3. The molecule has 1 saturated carbocycles. The van der Waals surface area contributed by atoms with Crippen LogP contribution in [0.25, 0.3) is 0 Å². The SMILES string of the molecule is Cc1ccc(NC(C)(C)C(=O)N2C[C@@H]3C(C)(C)C[C@]3(CN(C)C)C2)cc1. The third-order valence-electron chi connectivity index (χ3n) is 6.36. The number of fused-ring (bicyclic) bond motifs is 1. The lowest BCUT2D eigenvalue weighted by molar-refractivity contribution is -0.134. The lowest BCUT2D eigenvalue weighted by Crippen LogP contribution is -2.57. The molecule has 3 rings (SSSR count). The first-order chi connectivity index (χ1) is 12.0. The third kappa shape index (κ3) is 3.36. The number of amides is 1. The molecule has 4 heteroatoms. The van der Waals surface area contributed by atoms with Crippen LogP contribution in [-0.4, -0.2) is 55.0 Å². The van der Waals surface area contributed by atoms with Gasteiger partial charge < -0.3 is 15.1 Å². The predicted octanol–water partition coefficient (Wildman–Crippen LogP) is 3.62. The van der Waals surface area contributed by atoms with Gasteiger partial charge in [-0.05, 0) is 64.8 Å². The summed E-state index contributed by atoms with van der Waals surface area (Å²) in [5, 5.41) is 3.44. The molecule has 0 bridgehead atoms. The van der Waals surface area contributed by atoms with Gasteiger partial charge in [0.15, 0.2) is 0 Å². The number of rotatable bonds is 5. The number of anilines is 1. The van der Waals surface area contributed by atoms with Gasteiger partial charge in [-0.25, -0.2) is 0 Å². The second-order valence-electron chi connectivity index (χ2n) is 10.1. The molecule has 0 aromatic heterocycles. The molecule has 2 aliphatic rings. The first-order valence-electron chi connectivity index (χ1n) is 9.74. The lowest BCUT2D eigenvalue weighted by atomic mass is 9.48. The molecule has 1 amide bonds. The minimum atomic E-state index is -0.609. The molecule has 0 radical (unpaired) electrons. The van der Waals surface area contributed by atoms with Crippen molar-refractivity contribution >= 4 is 11.6 Å². The fourth-order valence-corrected chi connectivity index (χ4v) is 5.57. The quantitative estimate of drug-likeness (QED) is 0.874. The van der Waals surface area contributed by atoms with E-state index in [1.54, 1.807) is 0 Å². The Balaban J connectivity index is 1.74. The van der Waals surface area contributed by atoms with Gasteiger partial charge in [0.1, 0.15) is 5.54 Å². The van der Waals surface area contributed by atoms with Gasteiger partial charge in [-0.2, -0.15) is 0 Å².